The van der Waals surface area contributed by atoms with Crippen LogP contribution in [0, 0.1) is 0 Å². The Labute approximate surface area is 97.8 Å². The maximum atomic E-state index is 5.29. The van der Waals surface area contributed by atoms with E-state index in [9.17, 15) is 0 Å². The van der Waals surface area contributed by atoms with Crippen LogP contribution in [0.5, 0.6) is 0 Å². The molecule has 0 fully saturated rings. The Bertz CT molecular complexity index is 315. The molecule has 2 unspecified atom stereocenters. The van der Waals surface area contributed by atoms with Gasteiger partial charge in [-0.05, 0) is 31.5 Å². The van der Waals surface area contributed by atoms with E-state index in [1.165, 1.54) is 5.56 Å². The highest BCUT2D eigenvalue weighted by molar-refractivity contribution is 5.46. The molecule has 1 aromatic carbocycles. The molecule has 3 heteroatoms. The molecule has 0 aliphatic rings. The van der Waals surface area contributed by atoms with Crippen LogP contribution in [0.3, 0.4) is 0 Å². The maximum Gasteiger partial charge on any atom is 0.0793 e. The molecule has 0 spiro atoms. The molecule has 0 saturated carbocycles. The number of hydrogen-bond acceptors (Lipinski definition) is 3. The van der Waals surface area contributed by atoms with E-state index >= 15 is 0 Å². The van der Waals surface area contributed by atoms with Crippen LogP contribution in [-0.2, 0) is 9.47 Å². The number of nitrogens with one attached hydrogen (secondary N) is 1. The standard InChI is InChI=1S/C13H21NO2/c1-10(9-15-3)14-13-7-5-6-12(8-13)11(2)16-4/h5-8,10-11,14H,9H2,1-4H3. The molecule has 0 heterocycles. The third kappa shape index (κ3) is 3.83. The van der Waals surface area contributed by atoms with Gasteiger partial charge in [0.2, 0.25) is 0 Å². The van der Waals surface area contributed by atoms with Crippen molar-refractivity contribution < 1.29 is 9.47 Å². The van der Waals surface area contributed by atoms with E-state index in [1.807, 2.05) is 13.0 Å². The lowest BCUT2D eigenvalue weighted by atomic mass is 10.1. The summed E-state index contributed by atoms with van der Waals surface area (Å²) >= 11 is 0. The van der Waals surface area contributed by atoms with Gasteiger partial charge in [0.25, 0.3) is 0 Å². The van der Waals surface area contributed by atoms with Crippen molar-refractivity contribution in [3.63, 3.8) is 0 Å². The van der Waals surface area contributed by atoms with Gasteiger partial charge in [0.05, 0.1) is 12.7 Å². The van der Waals surface area contributed by atoms with Gasteiger partial charge in [0.15, 0.2) is 0 Å². The topological polar surface area (TPSA) is 30.5 Å². The lowest BCUT2D eigenvalue weighted by Gasteiger charge is -2.16. The molecule has 16 heavy (non-hydrogen) atoms. The number of methoxy groups -OCH3 is 2. The number of hydrogen-bond donors (Lipinski definition) is 1. The first-order chi connectivity index (χ1) is 7.67. The van der Waals surface area contributed by atoms with Gasteiger partial charge in [-0.15, -0.1) is 0 Å². The Morgan fingerprint density at radius 1 is 1.25 bits per heavy atom. The Morgan fingerprint density at radius 3 is 2.62 bits per heavy atom. The van der Waals surface area contributed by atoms with Crippen LogP contribution in [0.4, 0.5) is 5.69 Å². The van der Waals surface area contributed by atoms with Gasteiger partial charge in [-0.3, -0.25) is 0 Å². The Morgan fingerprint density at radius 2 is 2.00 bits per heavy atom. The zero-order valence-corrected chi connectivity index (χ0v) is 10.5. The van der Waals surface area contributed by atoms with Gasteiger partial charge in [-0.1, -0.05) is 12.1 Å². The highest BCUT2D eigenvalue weighted by Crippen LogP contribution is 2.19. The second-order valence-corrected chi connectivity index (χ2v) is 4.00. The molecule has 90 valence electrons. The molecule has 0 aliphatic carbocycles. The summed E-state index contributed by atoms with van der Waals surface area (Å²) in [5.41, 5.74) is 2.28. The first-order valence-electron chi connectivity index (χ1n) is 5.55. The molecule has 0 amide bonds. The van der Waals surface area contributed by atoms with Crippen molar-refractivity contribution >= 4 is 5.69 Å². The van der Waals surface area contributed by atoms with E-state index < -0.39 is 0 Å². The van der Waals surface area contributed by atoms with E-state index in [4.69, 9.17) is 9.47 Å². The summed E-state index contributed by atoms with van der Waals surface area (Å²) in [6, 6.07) is 8.57. The number of ether oxygens (including phenoxy) is 2. The van der Waals surface area contributed by atoms with Gasteiger partial charge >= 0.3 is 0 Å². The summed E-state index contributed by atoms with van der Waals surface area (Å²) in [7, 11) is 3.43. The fraction of sp³-hybridized carbons (Fsp3) is 0.538. The van der Waals surface area contributed by atoms with Crippen LogP contribution in [0.15, 0.2) is 24.3 Å². The SMILES string of the molecule is COCC(C)Nc1cccc(C(C)OC)c1. The van der Waals surface area contributed by atoms with Crippen LogP contribution in [0.25, 0.3) is 0 Å². The molecule has 1 N–H and O–H groups in total. The zero-order valence-electron chi connectivity index (χ0n) is 10.5. The molecule has 1 aromatic rings. The average Bonchev–Trinajstić information content (AvgIpc) is 2.28. The first-order valence-corrected chi connectivity index (χ1v) is 5.55. The Balaban J connectivity index is 2.67. The fourth-order valence-electron chi connectivity index (χ4n) is 1.59. The minimum absolute atomic E-state index is 0.125. The number of benzene rings is 1. The van der Waals surface area contributed by atoms with E-state index in [-0.39, 0.29) is 6.10 Å². The van der Waals surface area contributed by atoms with Crippen LogP contribution in [-0.4, -0.2) is 26.9 Å². The monoisotopic (exact) mass is 223 g/mol. The Kier molecular flexibility index (Phi) is 5.29. The summed E-state index contributed by atoms with van der Waals surface area (Å²) in [4.78, 5) is 0. The third-order valence-corrected chi connectivity index (χ3v) is 2.54. The molecule has 0 aromatic heterocycles. The summed E-state index contributed by atoms with van der Waals surface area (Å²) in [6.45, 7) is 4.83. The van der Waals surface area contributed by atoms with Crippen LogP contribution < -0.4 is 5.32 Å². The summed E-state index contributed by atoms with van der Waals surface area (Å²) in [5.74, 6) is 0. The second kappa shape index (κ2) is 6.51. The van der Waals surface area contributed by atoms with Crippen molar-refractivity contribution in [3.8, 4) is 0 Å². The van der Waals surface area contributed by atoms with Crippen molar-refractivity contribution in [1.82, 2.24) is 0 Å². The van der Waals surface area contributed by atoms with Crippen LogP contribution in [0.1, 0.15) is 25.5 Å². The predicted molar refractivity (Wildman–Crippen MR) is 66.8 cm³/mol. The largest absolute Gasteiger partial charge is 0.383 e. The van der Waals surface area contributed by atoms with Gasteiger partial charge in [0, 0.05) is 25.9 Å². The normalized spacial score (nSPS) is 14.5. The van der Waals surface area contributed by atoms with Crippen molar-refractivity contribution in [2.24, 2.45) is 0 Å². The maximum absolute atomic E-state index is 5.29. The van der Waals surface area contributed by atoms with Crippen LogP contribution in [0.2, 0.25) is 0 Å². The van der Waals surface area contributed by atoms with Crippen LogP contribution >= 0.6 is 0 Å². The lowest BCUT2D eigenvalue weighted by Crippen LogP contribution is -2.20. The molecular formula is C13H21NO2. The molecule has 0 bridgehead atoms. The van der Waals surface area contributed by atoms with E-state index in [0.29, 0.717) is 12.6 Å². The second-order valence-electron chi connectivity index (χ2n) is 4.00. The lowest BCUT2D eigenvalue weighted by molar-refractivity contribution is 0.119. The highest BCUT2D eigenvalue weighted by Gasteiger charge is 2.05. The number of rotatable bonds is 6. The van der Waals surface area contributed by atoms with Crippen molar-refractivity contribution in [2.75, 3.05) is 26.1 Å². The van der Waals surface area contributed by atoms with E-state index in [1.54, 1.807) is 14.2 Å². The van der Waals surface area contributed by atoms with E-state index in [2.05, 4.69) is 30.4 Å². The fourth-order valence-corrected chi connectivity index (χ4v) is 1.59. The molecule has 0 radical (unpaired) electrons. The van der Waals surface area contributed by atoms with Gasteiger partial charge < -0.3 is 14.8 Å². The van der Waals surface area contributed by atoms with Gasteiger partial charge in [-0.2, -0.15) is 0 Å². The Hall–Kier alpha value is -1.06. The molecule has 2 atom stereocenters. The zero-order chi connectivity index (χ0) is 12.0. The smallest absolute Gasteiger partial charge is 0.0793 e. The third-order valence-electron chi connectivity index (χ3n) is 2.54. The van der Waals surface area contributed by atoms with Crippen molar-refractivity contribution in [3.05, 3.63) is 29.8 Å². The molecule has 1 rings (SSSR count). The molecular weight excluding hydrogens is 202 g/mol. The predicted octanol–water partition coefficient (Wildman–Crippen LogP) is 2.84. The van der Waals surface area contributed by atoms with E-state index in [0.717, 1.165) is 5.69 Å². The summed E-state index contributed by atoms with van der Waals surface area (Å²) < 4.78 is 10.4. The minimum Gasteiger partial charge on any atom is -0.383 e. The quantitative estimate of drug-likeness (QED) is 0.804. The van der Waals surface area contributed by atoms with Crippen molar-refractivity contribution in [1.29, 1.82) is 0 Å². The number of anilines is 1. The average molecular weight is 223 g/mol. The summed E-state index contributed by atoms with van der Waals surface area (Å²) in [5, 5.41) is 3.38. The first kappa shape index (κ1) is 13.0. The van der Waals surface area contributed by atoms with Gasteiger partial charge in [0.1, 0.15) is 0 Å². The highest BCUT2D eigenvalue weighted by atomic mass is 16.5. The van der Waals surface area contributed by atoms with Crippen molar-refractivity contribution in [2.45, 2.75) is 26.0 Å². The minimum atomic E-state index is 0.125. The van der Waals surface area contributed by atoms with Gasteiger partial charge in [-0.25, -0.2) is 0 Å². The molecule has 0 aliphatic heterocycles. The molecule has 3 nitrogen and oxygen atoms in total. The summed E-state index contributed by atoms with van der Waals surface area (Å²) in [6.07, 6.45) is 0.125. The molecule has 0 saturated heterocycles.